The number of aliphatic hydroxyl groups excluding tert-OH is 2. The molecule has 0 aliphatic carbocycles. The topological polar surface area (TPSA) is 177 Å². The zero-order valence-corrected chi connectivity index (χ0v) is 20.0. The number of hydrogen-bond donors (Lipinski definition) is 4. The first-order chi connectivity index (χ1) is 14.9. The molecule has 0 radical (unpaired) electrons. The van der Waals surface area contributed by atoms with Gasteiger partial charge in [0.15, 0.2) is 9.84 Å². The van der Waals surface area contributed by atoms with Gasteiger partial charge >= 0.3 is 6.03 Å². The maximum atomic E-state index is 13.5. The molecule has 0 aromatic heterocycles. The summed E-state index contributed by atoms with van der Waals surface area (Å²) in [5, 5.41) is 24.4. The van der Waals surface area contributed by atoms with E-state index in [0.717, 1.165) is 26.6 Å². The predicted molar refractivity (Wildman–Crippen MR) is 116 cm³/mol. The van der Waals surface area contributed by atoms with Gasteiger partial charge in [0.2, 0.25) is 14.9 Å². The van der Waals surface area contributed by atoms with Crippen molar-refractivity contribution in [3.63, 3.8) is 0 Å². The Labute approximate surface area is 188 Å². The van der Waals surface area contributed by atoms with Crippen LogP contribution in [0.15, 0.2) is 0 Å². The van der Waals surface area contributed by atoms with Crippen LogP contribution in [0.25, 0.3) is 0 Å². The number of amides is 3. The van der Waals surface area contributed by atoms with E-state index in [1.165, 1.54) is 0 Å². The molecule has 13 nitrogen and oxygen atoms in total. The molecule has 2 aliphatic rings. The van der Waals surface area contributed by atoms with E-state index in [1.807, 2.05) is 0 Å². The van der Waals surface area contributed by atoms with Crippen LogP contribution in [0.5, 0.6) is 0 Å². The average Bonchev–Trinajstić information content (AvgIpc) is 2.71. The molecule has 186 valence electrons. The molecule has 0 spiro atoms. The Bertz CT molecular complexity index is 885. The maximum Gasteiger partial charge on any atom is 0.321 e. The van der Waals surface area contributed by atoms with Crippen LogP contribution in [0, 0.1) is 0 Å². The lowest BCUT2D eigenvalue weighted by Gasteiger charge is -2.48. The van der Waals surface area contributed by atoms with E-state index in [-0.39, 0.29) is 32.2 Å². The first-order valence-electron chi connectivity index (χ1n) is 10.3. The number of sulfonamides is 1. The fourth-order valence-corrected chi connectivity index (χ4v) is 6.26. The molecule has 2 heterocycles. The Hall–Kier alpha value is -1.52. The SMILES string of the molecule is CS(=O)(=O)N1CCN(C(=O)N(CCO)CCO)C(C(=O)NC2CCNCC2)(S(C)(=O)=O)C1. The lowest BCUT2D eigenvalue weighted by molar-refractivity contribution is -0.130. The summed E-state index contributed by atoms with van der Waals surface area (Å²) in [6, 6.07) is -1.22. The van der Waals surface area contributed by atoms with Crippen LogP contribution < -0.4 is 10.6 Å². The van der Waals surface area contributed by atoms with Gasteiger partial charge in [-0.3, -0.25) is 9.69 Å². The Kier molecular flexibility index (Phi) is 8.86. The number of sulfone groups is 1. The minimum Gasteiger partial charge on any atom is -0.395 e. The second-order valence-electron chi connectivity index (χ2n) is 8.02. The summed E-state index contributed by atoms with van der Waals surface area (Å²) in [7, 11) is -8.23. The number of rotatable bonds is 8. The van der Waals surface area contributed by atoms with E-state index >= 15 is 0 Å². The average molecular weight is 500 g/mol. The highest BCUT2D eigenvalue weighted by Gasteiger charge is 2.60. The number of carbonyl (C=O) groups is 2. The van der Waals surface area contributed by atoms with Crippen molar-refractivity contribution >= 4 is 31.8 Å². The van der Waals surface area contributed by atoms with Crippen molar-refractivity contribution in [2.24, 2.45) is 0 Å². The van der Waals surface area contributed by atoms with Crippen molar-refractivity contribution in [3.8, 4) is 0 Å². The summed E-state index contributed by atoms with van der Waals surface area (Å²) in [6.07, 6.45) is 2.81. The molecule has 0 saturated carbocycles. The van der Waals surface area contributed by atoms with Gasteiger partial charge in [0.1, 0.15) is 0 Å². The summed E-state index contributed by atoms with van der Waals surface area (Å²) in [5.41, 5.74) is 0. The van der Waals surface area contributed by atoms with Crippen molar-refractivity contribution < 1.29 is 36.6 Å². The van der Waals surface area contributed by atoms with Crippen LogP contribution in [-0.4, -0.2) is 136 Å². The molecule has 4 N–H and O–H groups in total. The molecular formula is C17H33N5O8S2. The first kappa shape index (κ1) is 26.7. The molecule has 15 heteroatoms. The highest BCUT2D eigenvalue weighted by atomic mass is 32.2. The molecule has 32 heavy (non-hydrogen) atoms. The van der Waals surface area contributed by atoms with E-state index in [4.69, 9.17) is 0 Å². The third kappa shape index (κ3) is 5.69. The van der Waals surface area contributed by atoms with Gasteiger partial charge in [0, 0.05) is 38.5 Å². The summed E-state index contributed by atoms with van der Waals surface area (Å²) < 4.78 is 51.6. The van der Waals surface area contributed by atoms with Gasteiger partial charge in [-0.15, -0.1) is 0 Å². The van der Waals surface area contributed by atoms with Crippen LogP contribution in [0.4, 0.5) is 4.79 Å². The van der Waals surface area contributed by atoms with Crippen molar-refractivity contribution in [2.45, 2.75) is 23.8 Å². The Morgan fingerprint density at radius 1 is 1.06 bits per heavy atom. The third-order valence-corrected chi connectivity index (χ3v) is 8.76. The van der Waals surface area contributed by atoms with Gasteiger partial charge in [-0.1, -0.05) is 0 Å². The molecule has 2 rings (SSSR count). The van der Waals surface area contributed by atoms with Crippen molar-refractivity contribution in [3.05, 3.63) is 0 Å². The van der Waals surface area contributed by atoms with E-state index in [9.17, 15) is 36.6 Å². The van der Waals surface area contributed by atoms with E-state index in [0.29, 0.717) is 25.9 Å². The van der Waals surface area contributed by atoms with Gasteiger partial charge in [-0.2, -0.15) is 4.31 Å². The Morgan fingerprint density at radius 3 is 2.09 bits per heavy atom. The van der Waals surface area contributed by atoms with E-state index in [1.54, 1.807) is 0 Å². The zero-order valence-electron chi connectivity index (χ0n) is 18.4. The van der Waals surface area contributed by atoms with Crippen LogP contribution >= 0.6 is 0 Å². The smallest absolute Gasteiger partial charge is 0.321 e. The number of urea groups is 1. The third-order valence-electron chi connectivity index (χ3n) is 5.75. The standard InChI is InChI=1S/C17H33N5O8S2/c1-31(27,28)17(15(25)19-14-3-5-18-6-4-14)13-21(32(2,29)30)7-8-22(17)16(26)20(9-11-23)10-12-24/h14,18,23-24H,3-13H2,1-2H3,(H,19,25). The number of nitrogens with zero attached hydrogens (tertiary/aromatic N) is 3. The highest BCUT2D eigenvalue weighted by molar-refractivity contribution is 7.93. The molecule has 2 saturated heterocycles. The highest BCUT2D eigenvalue weighted by Crippen LogP contribution is 2.31. The summed E-state index contributed by atoms with van der Waals surface area (Å²) in [6.45, 7) is -1.33. The second kappa shape index (κ2) is 10.6. The first-order valence-corrected chi connectivity index (χ1v) is 14.1. The lowest BCUT2D eigenvalue weighted by Crippen LogP contribution is -2.75. The lowest BCUT2D eigenvalue weighted by atomic mass is 10.1. The van der Waals surface area contributed by atoms with Crippen LogP contribution in [-0.2, 0) is 24.7 Å². The molecule has 2 fully saturated rings. The minimum absolute atomic E-state index is 0.193. The second-order valence-corrected chi connectivity index (χ2v) is 12.2. The molecule has 1 unspecified atom stereocenters. The van der Waals surface area contributed by atoms with Gasteiger partial charge in [0.25, 0.3) is 5.91 Å². The van der Waals surface area contributed by atoms with Crippen molar-refractivity contribution in [1.82, 2.24) is 24.7 Å². The Balaban J connectivity index is 2.55. The fourth-order valence-electron chi connectivity index (χ4n) is 3.99. The Morgan fingerprint density at radius 2 is 1.62 bits per heavy atom. The summed E-state index contributed by atoms with van der Waals surface area (Å²) >= 11 is 0. The van der Waals surface area contributed by atoms with E-state index in [2.05, 4.69) is 10.6 Å². The number of piperazine rings is 1. The van der Waals surface area contributed by atoms with Crippen LogP contribution in [0.1, 0.15) is 12.8 Å². The van der Waals surface area contributed by atoms with E-state index < -0.39 is 56.4 Å². The van der Waals surface area contributed by atoms with Gasteiger partial charge < -0.3 is 25.7 Å². The molecule has 3 amide bonds. The normalized spacial score (nSPS) is 23.7. The quantitative estimate of drug-likeness (QED) is 0.265. The van der Waals surface area contributed by atoms with Crippen molar-refractivity contribution in [1.29, 1.82) is 0 Å². The summed E-state index contributed by atoms with van der Waals surface area (Å²) in [4.78, 5) is 26.2. The monoisotopic (exact) mass is 499 g/mol. The van der Waals surface area contributed by atoms with Crippen molar-refractivity contribution in [2.75, 3.05) is 71.5 Å². The number of aliphatic hydroxyl groups is 2. The van der Waals surface area contributed by atoms with Gasteiger partial charge in [-0.05, 0) is 25.9 Å². The van der Waals surface area contributed by atoms with Crippen LogP contribution in [0.2, 0.25) is 0 Å². The summed E-state index contributed by atoms with van der Waals surface area (Å²) in [5.74, 6) is -0.971. The largest absolute Gasteiger partial charge is 0.395 e. The number of piperidine rings is 1. The molecule has 2 aliphatic heterocycles. The predicted octanol–water partition coefficient (Wildman–Crippen LogP) is -3.42. The van der Waals surface area contributed by atoms with Gasteiger partial charge in [0.05, 0.1) is 26.0 Å². The fraction of sp³-hybridized carbons (Fsp3) is 0.882. The molecule has 1 atom stereocenters. The molecule has 0 aromatic carbocycles. The number of nitrogens with one attached hydrogen (secondary N) is 2. The number of hydrogen-bond acceptors (Lipinski definition) is 9. The van der Waals surface area contributed by atoms with Gasteiger partial charge in [-0.25, -0.2) is 21.6 Å². The molecule has 0 bridgehead atoms. The molecular weight excluding hydrogens is 466 g/mol. The maximum absolute atomic E-state index is 13.5. The zero-order chi connectivity index (χ0) is 24.2. The molecule has 0 aromatic rings. The van der Waals surface area contributed by atoms with Crippen LogP contribution in [0.3, 0.4) is 0 Å². The number of carbonyl (C=O) groups excluding carboxylic acids is 2. The minimum atomic E-state index is -4.37.